The van der Waals surface area contributed by atoms with Crippen molar-refractivity contribution in [3.63, 3.8) is 0 Å². The zero-order chi connectivity index (χ0) is 14.8. The third-order valence-corrected chi connectivity index (χ3v) is 5.64. The Morgan fingerprint density at radius 1 is 1.10 bits per heavy atom. The summed E-state index contributed by atoms with van der Waals surface area (Å²) in [6.07, 6.45) is 0. The Labute approximate surface area is 124 Å². The Morgan fingerprint density at radius 3 is 2.25 bits per heavy atom. The van der Waals surface area contributed by atoms with Crippen molar-refractivity contribution in [1.82, 2.24) is 0 Å². The molecule has 0 bridgehead atoms. The molecule has 2 N–H and O–H groups in total. The third-order valence-electron chi connectivity index (χ3n) is 3.27. The Kier molecular flexibility index (Phi) is 4.48. The SMILES string of the molecule is Cc1ccccc1[C@H](CN)S(=O)(=O)c1ccc(Cl)cc1. The van der Waals surface area contributed by atoms with Crippen molar-refractivity contribution in [3.8, 4) is 0 Å². The molecule has 2 aromatic carbocycles. The molecule has 0 spiro atoms. The maximum absolute atomic E-state index is 12.7. The summed E-state index contributed by atoms with van der Waals surface area (Å²) in [5.74, 6) is 0. The second kappa shape index (κ2) is 5.95. The van der Waals surface area contributed by atoms with Gasteiger partial charge in [-0.15, -0.1) is 0 Å². The van der Waals surface area contributed by atoms with E-state index in [1.807, 2.05) is 25.1 Å². The van der Waals surface area contributed by atoms with E-state index in [2.05, 4.69) is 0 Å². The molecule has 2 aromatic rings. The lowest BCUT2D eigenvalue weighted by atomic mass is 10.1. The monoisotopic (exact) mass is 309 g/mol. The average Bonchev–Trinajstić information content (AvgIpc) is 2.42. The maximum atomic E-state index is 12.7. The molecule has 5 heteroatoms. The van der Waals surface area contributed by atoms with Crippen molar-refractivity contribution in [2.45, 2.75) is 17.1 Å². The number of hydrogen-bond donors (Lipinski definition) is 1. The van der Waals surface area contributed by atoms with E-state index in [-0.39, 0.29) is 11.4 Å². The molecule has 0 saturated carbocycles. The van der Waals surface area contributed by atoms with Crippen molar-refractivity contribution in [2.24, 2.45) is 5.73 Å². The van der Waals surface area contributed by atoms with E-state index in [0.717, 1.165) is 11.1 Å². The van der Waals surface area contributed by atoms with Crippen LogP contribution in [0.5, 0.6) is 0 Å². The summed E-state index contributed by atoms with van der Waals surface area (Å²) in [4.78, 5) is 0.237. The quantitative estimate of drug-likeness (QED) is 0.944. The lowest BCUT2D eigenvalue weighted by Crippen LogP contribution is -2.23. The van der Waals surface area contributed by atoms with Gasteiger partial charge in [0.1, 0.15) is 5.25 Å². The van der Waals surface area contributed by atoms with Gasteiger partial charge >= 0.3 is 0 Å². The number of rotatable bonds is 4. The lowest BCUT2D eigenvalue weighted by Gasteiger charge is -2.18. The van der Waals surface area contributed by atoms with Gasteiger partial charge in [-0.05, 0) is 42.3 Å². The second-order valence-corrected chi connectivity index (χ2v) is 7.15. The van der Waals surface area contributed by atoms with Gasteiger partial charge in [0.2, 0.25) is 0 Å². The van der Waals surface area contributed by atoms with E-state index in [1.54, 1.807) is 18.2 Å². The summed E-state index contributed by atoms with van der Waals surface area (Å²) < 4.78 is 25.4. The highest BCUT2D eigenvalue weighted by Crippen LogP contribution is 2.30. The van der Waals surface area contributed by atoms with Crippen LogP contribution in [0.15, 0.2) is 53.4 Å². The van der Waals surface area contributed by atoms with Crippen LogP contribution in [0.4, 0.5) is 0 Å². The molecule has 1 atom stereocenters. The fourth-order valence-corrected chi connectivity index (χ4v) is 3.98. The highest BCUT2D eigenvalue weighted by Gasteiger charge is 2.28. The molecule has 0 aliphatic heterocycles. The maximum Gasteiger partial charge on any atom is 0.186 e. The lowest BCUT2D eigenvalue weighted by molar-refractivity contribution is 0.582. The van der Waals surface area contributed by atoms with Crippen molar-refractivity contribution < 1.29 is 8.42 Å². The minimum Gasteiger partial charge on any atom is -0.329 e. The van der Waals surface area contributed by atoms with Gasteiger partial charge in [-0.3, -0.25) is 0 Å². The number of nitrogens with two attached hydrogens (primary N) is 1. The van der Waals surface area contributed by atoms with E-state index >= 15 is 0 Å². The molecule has 20 heavy (non-hydrogen) atoms. The zero-order valence-corrected chi connectivity index (χ0v) is 12.7. The standard InChI is InChI=1S/C15H16ClNO2S/c1-11-4-2-3-5-14(11)15(10-17)20(18,19)13-8-6-12(16)7-9-13/h2-9,15H,10,17H2,1H3/t15-/m0/s1. The molecule has 0 amide bonds. The van der Waals surface area contributed by atoms with Crippen LogP contribution >= 0.6 is 11.6 Å². The first-order valence-corrected chi connectivity index (χ1v) is 8.14. The number of hydrogen-bond acceptors (Lipinski definition) is 3. The van der Waals surface area contributed by atoms with Gasteiger partial charge < -0.3 is 5.73 Å². The second-order valence-electron chi connectivity index (χ2n) is 4.58. The summed E-state index contributed by atoms with van der Waals surface area (Å²) in [7, 11) is -3.53. The summed E-state index contributed by atoms with van der Waals surface area (Å²) >= 11 is 5.80. The van der Waals surface area contributed by atoms with Crippen LogP contribution < -0.4 is 5.73 Å². The molecular formula is C15H16ClNO2S. The first-order chi connectivity index (χ1) is 9.46. The van der Waals surface area contributed by atoms with Crippen LogP contribution in [0, 0.1) is 6.92 Å². The normalized spacial score (nSPS) is 13.2. The van der Waals surface area contributed by atoms with Crippen LogP contribution in [0.1, 0.15) is 16.4 Å². The van der Waals surface area contributed by atoms with Gasteiger partial charge in [0.25, 0.3) is 0 Å². The fraction of sp³-hybridized carbons (Fsp3) is 0.200. The molecule has 0 aliphatic rings. The molecule has 0 unspecified atom stereocenters. The Balaban J connectivity index is 2.51. The molecule has 0 aromatic heterocycles. The van der Waals surface area contributed by atoms with Crippen LogP contribution in [0.2, 0.25) is 5.02 Å². The van der Waals surface area contributed by atoms with E-state index in [9.17, 15) is 8.42 Å². The molecule has 106 valence electrons. The number of aryl methyl sites for hydroxylation is 1. The summed E-state index contributed by atoms with van der Waals surface area (Å²) in [6.45, 7) is 1.92. The van der Waals surface area contributed by atoms with Crippen LogP contribution in [0.25, 0.3) is 0 Å². The average molecular weight is 310 g/mol. The van der Waals surface area contributed by atoms with Gasteiger partial charge in [0.05, 0.1) is 4.90 Å². The minimum atomic E-state index is -3.53. The molecule has 0 aliphatic carbocycles. The molecule has 3 nitrogen and oxygen atoms in total. The summed E-state index contributed by atoms with van der Waals surface area (Å²) in [5.41, 5.74) is 7.38. The molecule has 0 saturated heterocycles. The molecule has 0 fully saturated rings. The van der Waals surface area contributed by atoms with Gasteiger partial charge in [-0.2, -0.15) is 0 Å². The Bertz CT molecular complexity index is 696. The van der Waals surface area contributed by atoms with E-state index < -0.39 is 15.1 Å². The van der Waals surface area contributed by atoms with Crippen molar-refractivity contribution in [3.05, 3.63) is 64.7 Å². The van der Waals surface area contributed by atoms with Crippen LogP contribution in [0.3, 0.4) is 0 Å². The highest BCUT2D eigenvalue weighted by molar-refractivity contribution is 7.91. The zero-order valence-electron chi connectivity index (χ0n) is 11.1. The highest BCUT2D eigenvalue weighted by atomic mass is 35.5. The number of halogens is 1. The van der Waals surface area contributed by atoms with E-state index in [4.69, 9.17) is 17.3 Å². The molecule has 0 radical (unpaired) electrons. The third kappa shape index (κ3) is 2.87. The summed E-state index contributed by atoms with van der Waals surface area (Å²) in [5, 5.41) is -0.242. The molecule has 0 heterocycles. The van der Waals surface area contributed by atoms with Gasteiger partial charge in [0.15, 0.2) is 9.84 Å². The molecule has 2 rings (SSSR count). The van der Waals surface area contributed by atoms with Crippen molar-refractivity contribution in [1.29, 1.82) is 0 Å². The first-order valence-electron chi connectivity index (χ1n) is 6.22. The van der Waals surface area contributed by atoms with E-state index in [0.29, 0.717) is 5.02 Å². The smallest absolute Gasteiger partial charge is 0.186 e. The van der Waals surface area contributed by atoms with Gasteiger partial charge in [0, 0.05) is 11.6 Å². The Hall–Kier alpha value is -1.36. The fourth-order valence-electron chi connectivity index (χ4n) is 2.16. The summed E-state index contributed by atoms with van der Waals surface area (Å²) in [6, 6.07) is 13.6. The predicted octanol–water partition coefficient (Wildman–Crippen LogP) is 3.12. The predicted molar refractivity (Wildman–Crippen MR) is 81.6 cm³/mol. The van der Waals surface area contributed by atoms with E-state index in [1.165, 1.54) is 12.1 Å². The number of sulfone groups is 1. The van der Waals surface area contributed by atoms with Crippen molar-refractivity contribution >= 4 is 21.4 Å². The Morgan fingerprint density at radius 2 is 1.70 bits per heavy atom. The van der Waals surface area contributed by atoms with Crippen LogP contribution in [-0.4, -0.2) is 15.0 Å². The largest absolute Gasteiger partial charge is 0.329 e. The van der Waals surface area contributed by atoms with Crippen molar-refractivity contribution in [2.75, 3.05) is 6.54 Å². The van der Waals surface area contributed by atoms with Gasteiger partial charge in [-0.25, -0.2) is 8.42 Å². The first kappa shape index (κ1) is 15.0. The minimum absolute atomic E-state index is 0.0375. The molecular weight excluding hydrogens is 294 g/mol. The van der Waals surface area contributed by atoms with Crippen LogP contribution in [-0.2, 0) is 9.84 Å². The topological polar surface area (TPSA) is 60.2 Å². The number of benzene rings is 2. The van der Waals surface area contributed by atoms with Gasteiger partial charge in [-0.1, -0.05) is 35.9 Å².